The van der Waals surface area contributed by atoms with E-state index in [-0.39, 0.29) is 18.1 Å². The van der Waals surface area contributed by atoms with Gasteiger partial charge < -0.3 is 24.8 Å². The summed E-state index contributed by atoms with van der Waals surface area (Å²) in [5, 5.41) is 16.7. The van der Waals surface area contributed by atoms with E-state index in [0.717, 1.165) is 0 Å². The number of methoxy groups -OCH3 is 3. The summed E-state index contributed by atoms with van der Waals surface area (Å²) in [7, 11) is 4.42. The van der Waals surface area contributed by atoms with Crippen LogP contribution in [0.4, 0.5) is 11.4 Å². The molecule has 9 heteroatoms. The SMILES string of the molecule is COc1cc(C(=O)NCCNc2ccccc2[N+](=O)[O-])cc(OC)c1OC. The molecular formula is C18H21N3O6. The number of rotatable bonds is 9. The van der Waals surface area contributed by atoms with Gasteiger partial charge in [0.1, 0.15) is 5.69 Å². The summed E-state index contributed by atoms with van der Waals surface area (Å²) in [4.78, 5) is 22.9. The van der Waals surface area contributed by atoms with E-state index in [1.165, 1.54) is 27.4 Å². The average molecular weight is 375 g/mol. The summed E-state index contributed by atoms with van der Waals surface area (Å²) >= 11 is 0. The third kappa shape index (κ3) is 4.78. The van der Waals surface area contributed by atoms with Crippen molar-refractivity contribution in [1.29, 1.82) is 0 Å². The van der Waals surface area contributed by atoms with Gasteiger partial charge in [-0.3, -0.25) is 14.9 Å². The molecule has 0 aliphatic rings. The van der Waals surface area contributed by atoms with Crippen LogP contribution in [0.2, 0.25) is 0 Å². The maximum absolute atomic E-state index is 12.4. The topological polar surface area (TPSA) is 112 Å². The van der Waals surface area contributed by atoms with Crippen molar-refractivity contribution in [3.63, 3.8) is 0 Å². The molecule has 0 atom stereocenters. The fourth-order valence-electron chi connectivity index (χ4n) is 2.47. The molecule has 1 amide bonds. The summed E-state index contributed by atoms with van der Waals surface area (Å²) in [5.41, 5.74) is 0.716. The second kappa shape index (κ2) is 9.27. The highest BCUT2D eigenvalue weighted by Crippen LogP contribution is 2.38. The number of carbonyl (C=O) groups excluding carboxylic acids is 1. The van der Waals surface area contributed by atoms with Crippen LogP contribution in [0.15, 0.2) is 36.4 Å². The van der Waals surface area contributed by atoms with Gasteiger partial charge in [-0.15, -0.1) is 0 Å². The lowest BCUT2D eigenvalue weighted by molar-refractivity contribution is -0.384. The van der Waals surface area contributed by atoms with Crippen molar-refractivity contribution in [2.24, 2.45) is 0 Å². The lowest BCUT2D eigenvalue weighted by atomic mass is 10.1. The van der Waals surface area contributed by atoms with Crippen LogP contribution in [-0.4, -0.2) is 45.2 Å². The van der Waals surface area contributed by atoms with Gasteiger partial charge in [0.25, 0.3) is 11.6 Å². The van der Waals surface area contributed by atoms with E-state index >= 15 is 0 Å². The Hall–Kier alpha value is -3.49. The summed E-state index contributed by atoms with van der Waals surface area (Å²) in [6.07, 6.45) is 0. The van der Waals surface area contributed by atoms with E-state index in [1.54, 1.807) is 30.3 Å². The summed E-state index contributed by atoms with van der Waals surface area (Å²) in [6, 6.07) is 9.41. The zero-order chi connectivity index (χ0) is 19.8. The molecule has 2 rings (SSSR count). The van der Waals surface area contributed by atoms with Crippen LogP contribution in [0.3, 0.4) is 0 Å². The van der Waals surface area contributed by atoms with Gasteiger partial charge in [0.2, 0.25) is 5.75 Å². The number of para-hydroxylation sites is 2. The lowest BCUT2D eigenvalue weighted by Crippen LogP contribution is -2.29. The van der Waals surface area contributed by atoms with Crippen LogP contribution in [-0.2, 0) is 0 Å². The quantitative estimate of drug-likeness (QED) is 0.393. The standard InChI is InChI=1S/C18H21N3O6/c1-25-15-10-12(11-16(26-2)17(15)27-3)18(22)20-9-8-19-13-6-4-5-7-14(13)21(23)24/h4-7,10-11,19H,8-9H2,1-3H3,(H,20,22). The van der Waals surface area contributed by atoms with Crippen molar-refractivity contribution in [2.45, 2.75) is 0 Å². The Labute approximate surface area is 156 Å². The number of nitrogens with one attached hydrogen (secondary N) is 2. The number of ether oxygens (including phenoxy) is 3. The van der Waals surface area contributed by atoms with Crippen LogP contribution < -0.4 is 24.8 Å². The predicted octanol–water partition coefficient (Wildman–Crippen LogP) is 2.46. The Morgan fingerprint density at radius 3 is 2.22 bits per heavy atom. The van der Waals surface area contributed by atoms with Gasteiger partial charge in [-0.1, -0.05) is 12.1 Å². The van der Waals surface area contributed by atoms with Crippen LogP contribution >= 0.6 is 0 Å². The smallest absolute Gasteiger partial charge is 0.292 e. The number of benzene rings is 2. The molecule has 0 saturated heterocycles. The van der Waals surface area contributed by atoms with Gasteiger partial charge in [0, 0.05) is 24.7 Å². The maximum atomic E-state index is 12.4. The van der Waals surface area contributed by atoms with Gasteiger partial charge in [0.15, 0.2) is 11.5 Å². The molecule has 0 aliphatic carbocycles. The number of nitro groups is 1. The molecule has 27 heavy (non-hydrogen) atoms. The fourth-order valence-corrected chi connectivity index (χ4v) is 2.47. The molecule has 0 saturated carbocycles. The van der Waals surface area contributed by atoms with Crippen LogP contribution in [0.25, 0.3) is 0 Å². The first kappa shape index (κ1) is 19.8. The number of hydrogen-bond donors (Lipinski definition) is 2. The zero-order valence-electron chi connectivity index (χ0n) is 15.3. The van der Waals surface area contributed by atoms with Gasteiger partial charge in [-0.25, -0.2) is 0 Å². The number of nitrogens with zero attached hydrogens (tertiary/aromatic N) is 1. The summed E-state index contributed by atoms with van der Waals surface area (Å²) < 4.78 is 15.7. The molecule has 0 heterocycles. The molecule has 0 spiro atoms. The molecule has 0 bridgehead atoms. The first-order valence-electron chi connectivity index (χ1n) is 8.07. The second-order valence-electron chi connectivity index (χ2n) is 5.37. The monoisotopic (exact) mass is 375 g/mol. The third-order valence-electron chi connectivity index (χ3n) is 3.75. The van der Waals surface area contributed by atoms with E-state index < -0.39 is 4.92 Å². The Balaban J connectivity index is 1.99. The van der Waals surface area contributed by atoms with Gasteiger partial charge >= 0.3 is 0 Å². The molecule has 9 nitrogen and oxygen atoms in total. The predicted molar refractivity (Wildman–Crippen MR) is 100 cm³/mol. The Morgan fingerprint density at radius 1 is 1.04 bits per heavy atom. The van der Waals surface area contributed by atoms with Crippen molar-refractivity contribution in [2.75, 3.05) is 39.7 Å². The van der Waals surface area contributed by atoms with Crippen LogP contribution in [0.1, 0.15) is 10.4 Å². The number of hydrogen-bond acceptors (Lipinski definition) is 7. The Kier molecular flexibility index (Phi) is 6.81. The largest absolute Gasteiger partial charge is 0.493 e. The molecule has 0 unspecified atom stereocenters. The summed E-state index contributed by atoms with van der Waals surface area (Å²) in [5.74, 6) is 0.813. The van der Waals surface area contributed by atoms with Crippen molar-refractivity contribution < 1.29 is 23.9 Å². The molecule has 0 radical (unpaired) electrons. The van der Waals surface area contributed by atoms with Gasteiger partial charge in [-0.05, 0) is 18.2 Å². The molecule has 2 aromatic rings. The fraction of sp³-hybridized carbons (Fsp3) is 0.278. The second-order valence-corrected chi connectivity index (χ2v) is 5.37. The van der Waals surface area contributed by atoms with Crippen molar-refractivity contribution >= 4 is 17.3 Å². The van der Waals surface area contributed by atoms with E-state index in [4.69, 9.17) is 14.2 Å². The average Bonchev–Trinajstić information content (AvgIpc) is 2.69. The number of nitro benzene ring substituents is 1. The minimum absolute atomic E-state index is 0.0200. The zero-order valence-corrected chi connectivity index (χ0v) is 15.3. The minimum atomic E-state index is -0.461. The molecule has 144 valence electrons. The Bertz CT molecular complexity index is 799. The normalized spacial score (nSPS) is 10.0. The number of carbonyl (C=O) groups is 1. The molecule has 2 N–H and O–H groups in total. The highest BCUT2D eigenvalue weighted by molar-refractivity contribution is 5.95. The van der Waals surface area contributed by atoms with E-state index in [2.05, 4.69) is 10.6 Å². The molecular weight excluding hydrogens is 354 g/mol. The Morgan fingerprint density at radius 2 is 1.67 bits per heavy atom. The first-order valence-corrected chi connectivity index (χ1v) is 8.07. The van der Waals surface area contributed by atoms with E-state index in [1.807, 2.05) is 0 Å². The van der Waals surface area contributed by atoms with E-state index in [0.29, 0.717) is 35.0 Å². The minimum Gasteiger partial charge on any atom is -0.493 e. The van der Waals surface area contributed by atoms with Crippen molar-refractivity contribution in [1.82, 2.24) is 5.32 Å². The van der Waals surface area contributed by atoms with Crippen LogP contribution in [0.5, 0.6) is 17.2 Å². The third-order valence-corrected chi connectivity index (χ3v) is 3.75. The van der Waals surface area contributed by atoms with Gasteiger partial charge in [0.05, 0.1) is 26.3 Å². The van der Waals surface area contributed by atoms with Gasteiger partial charge in [-0.2, -0.15) is 0 Å². The molecule has 0 fully saturated rings. The van der Waals surface area contributed by atoms with Crippen molar-refractivity contribution in [3.8, 4) is 17.2 Å². The highest BCUT2D eigenvalue weighted by Gasteiger charge is 2.17. The lowest BCUT2D eigenvalue weighted by Gasteiger charge is -2.14. The molecule has 2 aromatic carbocycles. The highest BCUT2D eigenvalue weighted by atomic mass is 16.6. The maximum Gasteiger partial charge on any atom is 0.292 e. The molecule has 0 aliphatic heterocycles. The molecule has 0 aromatic heterocycles. The van der Waals surface area contributed by atoms with Crippen molar-refractivity contribution in [3.05, 3.63) is 52.1 Å². The van der Waals surface area contributed by atoms with E-state index in [9.17, 15) is 14.9 Å². The van der Waals surface area contributed by atoms with Crippen LogP contribution in [0, 0.1) is 10.1 Å². The summed E-state index contributed by atoms with van der Waals surface area (Å²) in [6.45, 7) is 0.586. The first-order chi connectivity index (χ1) is 13.0. The number of anilines is 1. The number of amides is 1.